The zero-order valence-electron chi connectivity index (χ0n) is 14.1. The molecule has 22 heavy (non-hydrogen) atoms. The van der Waals surface area contributed by atoms with Crippen LogP contribution in [0.5, 0.6) is 5.88 Å². The molecule has 0 saturated heterocycles. The summed E-state index contributed by atoms with van der Waals surface area (Å²) < 4.78 is 8.28. The van der Waals surface area contributed by atoms with Crippen LogP contribution in [-0.4, -0.2) is 16.2 Å². The van der Waals surface area contributed by atoms with Crippen LogP contribution in [0.25, 0.3) is 10.9 Å². The lowest BCUT2D eigenvalue weighted by molar-refractivity contribution is 0.281. The number of terminal acetylenes is 1. The summed E-state index contributed by atoms with van der Waals surface area (Å²) in [7, 11) is 0. The van der Waals surface area contributed by atoms with Gasteiger partial charge in [0.2, 0.25) is 5.88 Å². The molecule has 0 spiro atoms. The molecule has 0 fully saturated rings. The highest BCUT2D eigenvalue weighted by Gasteiger charge is 2.16. The number of hydrogen-bond acceptors (Lipinski definition) is 2. The number of aromatic nitrogens is 2. The number of pyridine rings is 1. The highest BCUT2D eigenvalue weighted by atomic mass is 16.5. The number of ether oxygens (including phenoxy) is 1. The fourth-order valence-electron chi connectivity index (χ4n) is 2.68. The molecule has 2 aromatic rings. The van der Waals surface area contributed by atoms with Gasteiger partial charge < -0.3 is 9.30 Å². The van der Waals surface area contributed by atoms with E-state index >= 15 is 0 Å². The molecule has 0 radical (unpaired) electrons. The van der Waals surface area contributed by atoms with Crippen LogP contribution >= 0.6 is 0 Å². The van der Waals surface area contributed by atoms with Gasteiger partial charge in [0.05, 0.1) is 6.61 Å². The average molecular weight is 298 g/mol. The molecule has 2 aromatic heterocycles. The predicted octanol–water partition coefficient (Wildman–Crippen LogP) is 4.49. The third-order valence-electron chi connectivity index (χ3n) is 4.15. The summed E-state index contributed by atoms with van der Waals surface area (Å²) in [5, 5.41) is 1.23. The first-order valence-electron chi connectivity index (χ1n) is 8.07. The van der Waals surface area contributed by atoms with Crippen molar-refractivity contribution in [2.24, 2.45) is 5.92 Å². The molecular weight excluding hydrogens is 272 g/mol. The molecule has 0 bridgehead atoms. The highest BCUT2D eigenvalue weighted by molar-refractivity contribution is 5.88. The molecule has 0 amide bonds. The Balaban J connectivity index is 2.35. The number of unbranched alkanes of at least 4 members (excludes halogenated alkanes) is 1. The molecule has 2 rings (SSSR count). The van der Waals surface area contributed by atoms with Gasteiger partial charge in [0.25, 0.3) is 0 Å². The van der Waals surface area contributed by atoms with Crippen LogP contribution in [0.15, 0.2) is 12.3 Å². The summed E-state index contributed by atoms with van der Waals surface area (Å²) in [4.78, 5) is 4.46. The first kappa shape index (κ1) is 16.4. The normalized spacial score (nSPS) is 11.1. The molecule has 0 unspecified atom stereocenters. The predicted molar refractivity (Wildman–Crippen MR) is 92.2 cm³/mol. The van der Waals surface area contributed by atoms with Gasteiger partial charge in [-0.05, 0) is 44.2 Å². The summed E-state index contributed by atoms with van der Waals surface area (Å²) in [5.74, 6) is 4.09. The van der Waals surface area contributed by atoms with Gasteiger partial charge >= 0.3 is 0 Å². The van der Waals surface area contributed by atoms with Gasteiger partial charge in [-0.15, -0.1) is 12.3 Å². The molecule has 118 valence electrons. The molecule has 0 aliphatic rings. The maximum absolute atomic E-state index is 5.97. The minimum absolute atomic E-state index is 0.630. The van der Waals surface area contributed by atoms with Gasteiger partial charge in [0.1, 0.15) is 5.52 Å². The Morgan fingerprint density at radius 1 is 1.36 bits per heavy atom. The van der Waals surface area contributed by atoms with Gasteiger partial charge in [-0.25, -0.2) is 4.98 Å². The first-order chi connectivity index (χ1) is 10.6. The Kier molecular flexibility index (Phi) is 5.49. The lowest BCUT2D eigenvalue weighted by Gasteiger charge is -2.12. The quantitative estimate of drug-likeness (QED) is 0.556. The van der Waals surface area contributed by atoms with Gasteiger partial charge in [0, 0.05) is 30.2 Å². The van der Waals surface area contributed by atoms with E-state index in [0.29, 0.717) is 12.5 Å². The van der Waals surface area contributed by atoms with E-state index in [2.05, 4.69) is 49.2 Å². The van der Waals surface area contributed by atoms with E-state index in [1.54, 1.807) is 0 Å². The number of rotatable bonds is 7. The molecule has 3 heteroatoms. The Labute approximate surface area is 133 Å². The lowest BCUT2D eigenvalue weighted by Crippen LogP contribution is -2.06. The van der Waals surface area contributed by atoms with E-state index in [1.807, 2.05) is 6.20 Å². The molecule has 0 N–H and O–H groups in total. The Morgan fingerprint density at radius 2 is 2.14 bits per heavy atom. The maximum atomic E-state index is 5.97. The van der Waals surface area contributed by atoms with Gasteiger partial charge in [-0.1, -0.05) is 13.8 Å². The molecule has 2 heterocycles. The second kappa shape index (κ2) is 7.35. The van der Waals surface area contributed by atoms with Crippen molar-refractivity contribution in [3.8, 4) is 18.2 Å². The molecule has 0 aliphatic heterocycles. The third kappa shape index (κ3) is 3.44. The third-order valence-corrected chi connectivity index (χ3v) is 4.15. The van der Waals surface area contributed by atoms with E-state index in [4.69, 9.17) is 11.2 Å². The molecular formula is C19H26N2O. The van der Waals surface area contributed by atoms with Crippen molar-refractivity contribution < 1.29 is 4.74 Å². The number of fused-ring (bicyclic) bond motifs is 1. The molecule has 3 nitrogen and oxygen atoms in total. The second-order valence-corrected chi connectivity index (χ2v) is 6.21. The van der Waals surface area contributed by atoms with E-state index in [1.165, 1.54) is 16.6 Å². The van der Waals surface area contributed by atoms with Crippen molar-refractivity contribution in [1.29, 1.82) is 0 Å². The maximum Gasteiger partial charge on any atom is 0.238 e. The molecule has 0 saturated carbocycles. The van der Waals surface area contributed by atoms with E-state index in [-0.39, 0.29) is 0 Å². The SMILES string of the molecule is C#CCCCn1c(C)c(C)c2ccnc(OCCC(C)C)c21. The van der Waals surface area contributed by atoms with Gasteiger partial charge in [-0.2, -0.15) is 0 Å². The standard InChI is InChI=1S/C19H26N2O/c1-6-7-8-12-21-16(5)15(4)17-9-11-20-19(18(17)21)22-13-10-14(2)3/h1,9,11,14H,7-8,10,12-13H2,2-5H3. The minimum atomic E-state index is 0.630. The van der Waals surface area contributed by atoms with Crippen LogP contribution in [0.3, 0.4) is 0 Å². The van der Waals surface area contributed by atoms with Crippen LogP contribution in [-0.2, 0) is 6.54 Å². The Morgan fingerprint density at radius 3 is 2.82 bits per heavy atom. The Hall–Kier alpha value is -1.95. The van der Waals surface area contributed by atoms with E-state index in [0.717, 1.165) is 37.2 Å². The monoisotopic (exact) mass is 298 g/mol. The minimum Gasteiger partial charge on any atom is -0.476 e. The smallest absolute Gasteiger partial charge is 0.238 e. The van der Waals surface area contributed by atoms with Crippen LogP contribution in [0.1, 0.15) is 44.4 Å². The molecule has 0 aromatic carbocycles. The zero-order valence-corrected chi connectivity index (χ0v) is 14.1. The van der Waals surface area contributed by atoms with Gasteiger partial charge in [-0.3, -0.25) is 0 Å². The van der Waals surface area contributed by atoms with Crippen molar-refractivity contribution in [1.82, 2.24) is 9.55 Å². The Bertz CT molecular complexity index is 677. The lowest BCUT2D eigenvalue weighted by atomic mass is 10.1. The summed E-state index contributed by atoms with van der Waals surface area (Å²) in [5.41, 5.74) is 3.68. The number of nitrogens with zero attached hydrogens (tertiary/aromatic N) is 2. The van der Waals surface area contributed by atoms with E-state index in [9.17, 15) is 0 Å². The first-order valence-corrected chi connectivity index (χ1v) is 8.07. The fourth-order valence-corrected chi connectivity index (χ4v) is 2.68. The van der Waals surface area contributed by atoms with Crippen molar-refractivity contribution in [2.75, 3.05) is 6.61 Å². The topological polar surface area (TPSA) is 27.1 Å². The molecule has 0 atom stereocenters. The largest absolute Gasteiger partial charge is 0.476 e. The highest BCUT2D eigenvalue weighted by Crippen LogP contribution is 2.31. The molecule has 0 aliphatic carbocycles. The van der Waals surface area contributed by atoms with Crippen molar-refractivity contribution in [3.63, 3.8) is 0 Å². The van der Waals surface area contributed by atoms with Crippen LogP contribution in [0.4, 0.5) is 0 Å². The van der Waals surface area contributed by atoms with Crippen LogP contribution < -0.4 is 4.74 Å². The summed E-state index contributed by atoms with van der Waals surface area (Å²) in [6.07, 6.45) is 10.0. The number of aryl methyl sites for hydroxylation is 2. The summed E-state index contributed by atoms with van der Waals surface area (Å²) in [6.45, 7) is 10.3. The van der Waals surface area contributed by atoms with Gasteiger partial charge in [0.15, 0.2) is 0 Å². The fraction of sp³-hybridized carbons (Fsp3) is 0.526. The average Bonchev–Trinajstić information content (AvgIpc) is 2.73. The summed E-state index contributed by atoms with van der Waals surface area (Å²) >= 11 is 0. The van der Waals surface area contributed by atoms with Crippen molar-refractivity contribution in [3.05, 3.63) is 23.5 Å². The van der Waals surface area contributed by atoms with Crippen LogP contribution in [0, 0.1) is 32.1 Å². The summed E-state index contributed by atoms with van der Waals surface area (Å²) in [6, 6.07) is 2.07. The van der Waals surface area contributed by atoms with Crippen molar-refractivity contribution in [2.45, 2.75) is 53.5 Å². The van der Waals surface area contributed by atoms with Crippen LogP contribution in [0.2, 0.25) is 0 Å². The van der Waals surface area contributed by atoms with E-state index < -0.39 is 0 Å². The zero-order chi connectivity index (χ0) is 16.1. The number of hydrogen-bond donors (Lipinski definition) is 0. The van der Waals surface area contributed by atoms with Crippen molar-refractivity contribution >= 4 is 10.9 Å². The second-order valence-electron chi connectivity index (χ2n) is 6.21.